The monoisotopic (exact) mass is 348 g/mol. The first kappa shape index (κ1) is 17.8. The molecule has 26 heavy (non-hydrogen) atoms. The maximum Gasteiger partial charge on any atom is 0.247 e. The Hall–Kier alpha value is -3.02. The summed E-state index contributed by atoms with van der Waals surface area (Å²) < 4.78 is 0. The van der Waals surface area contributed by atoms with Crippen molar-refractivity contribution < 1.29 is 0 Å². The van der Waals surface area contributed by atoms with Crippen molar-refractivity contribution in [1.29, 1.82) is 0 Å². The van der Waals surface area contributed by atoms with E-state index in [1.807, 2.05) is 42.5 Å². The van der Waals surface area contributed by atoms with Gasteiger partial charge in [-0.15, -0.1) is 5.10 Å². The Morgan fingerprint density at radius 2 is 1.73 bits per heavy atom. The first-order valence-corrected chi connectivity index (χ1v) is 8.85. The minimum Gasteiger partial charge on any atom is -0.351 e. The number of anilines is 2. The van der Waals surface area contributed by atoms with Crippen molar-refractivity contribution in [3.05, 3.63) is 72.2 Å². The lowest BCUT2D eigenvalue weighted by molar-refractivity contribution is 0.770. The van der Waals surface area contributed by atoms with E-state index in [9.17, 15) is 0 Å². The summed E-state index contributed by atoms with van der Waals surface area (Å²) in [6, 6.07) is 14.4. The summed E-state index contributed by atoms with van der Waals surface area (Å²) in [6.45, 7) is 4.60. The topological polar surface area (TPSA) is 58.0 Å². The van der Waals surface area contributed by atoms with Crippen LogP contribution in [-0.2, 0) is 13.0 Å². The van der Waals surface area contributed by atoms with Gasteiger partial charge in [-0.05, 0) is 36.6 Å². The summed E-state index contributed by atoms with van der Waals surface area (Å²) in [6.07, 6.45) is 6.27. The Morgan fingerprint density at radius 1 is 0.962 bits per heavy atom. The molecule has 6 heteroatoms. The molecule has 0 aliphatic carbocycles. The van der Waals surface area contributed by atoms with E-state index in [2.05, 4.69) is 51.3 Å². The molecule has 134 valence electrons. The number of hydrogen-bond donors (Lipinski definition) is 0. The van der Waals surface area contributed by atoms with E-state index in [0.717, 1.165) is 31.9 Å². The molecule has 0 atom stereocenters. The van der Waals surface area contributed by atoms with Crippen molar-refractivity contribution in [2.45, 2.75) is 19.9 Å². The minimum absolute atomic E-state index is 0.642. The van der Waals surface area contributed by atoms with Crippen molar-refractivity contribution in [1.82, 2.24) is 20.2 Å². The van der Waals surface area contributed by atoms with Crippen molar-refractivity contribution in [3.63, 3.8) is 0 Å². The molecule has 2 heterocycles. The van der Waals surface area contributed by atoms with Crippen molar-refractivity contribution in [3.8, 4) is 0 Å². The average Bonchev–Trinajstić information content (AvgIpc) is 2.72. The zero-order chi connectivity index (χ0) is 18.2. The van der Waals surface area contributed by atoms with Gasteiger partial charge >= 0.3 is 0 Å². The standard InChI is InChI=1S/C20H24N6/c1-3-26(16-18-7-5-4-6-8-18)19-15-22-24-20(23-19)25(2)14-11-17-9-12-21-13-10-17/h4-10,12-13,15H,3,11,14,16H2,1-2H3. The van der Waals surface area contributed by atoms with Crippen LogP contribution in [0.25, 0.3) is 0 Å². The molecule has 0 aliphatic rings. The predicted molar refractivity (Wildman–Crippen MR) is 104 cm³/mol. The van der Waals surface area contributed by atoms with Crippen LogP contribution >= 0.6 is 0 Å². The molecule has 0 N–H and O–H groups in total. The van der Waals surface area contributed by atoms with Gasteiger partial charge in [-0.25, -0.2) is 0 Å². The Balaban J connectivity index is 1.68. The largest absolute Gasteiger partial charge is 0.351 e. The molecule has 1 aromatic carbocycles. The molecule has 0 fully saturated rings. The molecule has 3 rings (SSSR count). The zero-order valence-electron chi connectivity index (χ0n) is 15.3. The molecule has 2 aromatic heterocycles. The zero-order valence-corrected chi connectivity index (χ0v) is 15.3. The van der Waals surface area contributed by atoms with Crippen LogP contribution in [0.5, 0.6) is 0 Å². The molecule has 0 radical (unpaired) electrons. The summed E-state index contributed by atoms with van der Waals surface area (Å²) >= 11 is 0. The van der Waals surface area contributed by atoms with E-state index in [1.165, 1.54) is 11.1 Å². The number of likely N-dealkylation sites (N-methyl/N-ethyl adjacent to an activating group) is 1. The van der Waals surface area contributed by atoms with Crippen LogP contribution in [0.1, 0.15) is 18.1 Å². The van der Waals surface area contributed by atoms with Crippen molar-refractivity contribution in [2.24, 2.45) is 0 Å². The lowest BCUT2D eigenvalue weighted by Crippen LogP contribution is -2.27. The first-order chi connectivity index (χ1) is 12.8. The van der Waals surface area contributed by atoms with Gasteiger partial charge in [-0.1, -0.05) is 30.3 Å². The normalized spacial score (nSPS) is 10.5. The van der Waals surface area contributed by atoms with Gasteiger partial charge in [-0.3, -0.25) is 4.98 Å². The Morgan fingerprint density at radius 3 is 2.46 bits per heavy atom. The predicted octanol–water partition coefficient (Wildman–Crippen LogP) is 2.97. The van der Waals surface area contributed by atoms with E-state index >= 15 is 0 Å². The first-order valence-electron chi connectivity index (χ1n) is 8.85. The van der Waals surface area contributed by atoms with Crippen molar-refractivity contribution in [2.75, 3.05) is 29.9 Å². The summed E-state index contributed by atoms with van der Waals surface area (Å²) in [5.74, 6) is 1.49. The third-order valence-corrected chi connectivity index (χ3v) is 4.28. The number of pyridine rings is 1. The summed E-state index contributed by atoms with van der Waals surface area (Å²) in [4.78, 5) is 13.0. The smallest absolute Gasteiger partial charge is 0.247 e. The van der Waals surface area contributed by atoms with Crippen LogP contribution in [0.4, 0.5) is 11.8 Å². The Kier molecular flexibility index (Phi) is 6.09. The number of hydrogen-bond acceptors (Lipinski definition) is 6. The molecule has 0 spiro atoms. The molecule has 0 unspecified atom stereocenters. The van der Waals surface area contributed by atoms with E-state index in [-0.39, 0.29) is 0 Å². The molecule has 0 saturated heterocycles. The maximum absolute atomic E-state index is 4.72. The van der Waals surface area contributed by atoms with Crippen LogP contribution in [0, 0.1) is 0 Å². The summed E-state index contributed by atoms with van der Waals surface area (Å²) in [5, 5.41) is 8.37. The SMILES string of the molecule is CCN(Cc1ccccc1)c1cnnc(N(C)CCc2ccncc2)n1. The molecular formula is C20H24N6. The van der Waals surface area contributed by atoms with Crippen LogP contribution in [-0.4, -0.2) is 40.3 Å². The highest BCUT2D eigenvalue weighted by Gasteiger charge is 2.11. The number of nitrogens with zero attached hydrogens (tertiary/aromatic N) is 6. The van der Waals surface area contributed by atoms with Gasteiger partial charge in [-0.2, -0.15) is 10.1 Å². The summed E-state index contributed by atoms with van der Waals surface area (Å²) in [7, 11) is 2.00. The van der Waals surface area contributed by atoms with Gasteiger partial charge in [0.25, 0.3) is 0 Å². The third-order valence-electron chi connectivity index (χ3n) is 4.28. The van der Waals surface area contributed by atoms with Gasteiger partial charge in [0.15, 0.2) is 5.82 Å². The van der Waals surface area contributed by atoms with Gasteiger partial charge in [0, 0.05) is 39.1 Å². The molecule has 0 bridgehead atoms. The van der Waals surface area contributed by atoms with E-state index in [0.29, 0.717) is 5.95 Å². The second kappa shape index (κ2) is 8.89. The quantitative estimate of drug-likeness (QED) is 0.624. The van der Waals surface area contributed by atoms with E-state index in [1.54, 1.807) is 6.20 Å². The van der Waals surface area contributed by atoms with Crippen LogP contribution < -0.4 is 9.80 Å². The van der Waals surface area contributed by atoms with Crippen molar-refractivity contribution >= 4 is 11.8 Å². The highest BCUT2D eigenvalue weighted by atomic mass is 15.3. The van der Waals surface area contributed by atoms with E-state index in [4.69, 9.17) is 4.98 Å². The van der Waals surface area contributed by atoms with Crippen LogP contribution in [0.3, 0.4) is 0 Å². The average molecular weight is 348 g/mol. The van der Waals surface area contributed by atoms with Crippen LogP contribution in [0.2, 0.25) is 0 Å². The molecule has 3 aromatic rings. The molecule has 0 saturated carbocycles. The summed E-state index contributed by atoms with van der Waals surface area (Å²) in [5.41, 5.74) is 2.50. The van der Waals surface area contributed by atoms with E-state index < -0.39 is 0 Å². The van der Waals surface area contributed by atoms with Gasteiger partial charge in [0.1, 0.15) is 0 Å². The van der Waals surface area contributed by atoms with Gasteiger partial charge in [0.2, 0.25) is 5.95 Å². The van der Waals surface area contributed by atoms with Gasteiger partial charge in [0.05, 0.1) is 6.20 Å². The molecule has 0 amide bonds. The highest BCUT2D eigenvalue weighted by Crippen LogP contribution is 2.16. The molecule has 0 aliphatic heterocycles. The fourth-order valence-corrected chi connectivity index (χ4v) is 2.70. The van der Waals surface area contributed by atoms with Crippen LogP contribution in [0.15, 0.2) is 61.1 Å². The second-order valence-corrected chi connectivity index (χ2v) is 6.14. The third kappa shape index (κ3) is 4.75. The lowest BCUT2D eigenvalue weighted by atomic mass is 10.2. The second-order valence-electron chi connectivity index (χ2n) is 6.14. The molecule has 6 nitrogen and oxygen atoms in total. The lowest BCUT2D eigenvalue weighted by Gasteiger charge is -2.23. The Bertz CT molecular complexity index is 794. The highest BCUT2D eigenvalue weighted by molar-refractivity contribution is 5.42. The van der Waals surface area contributed by atoms with Gasteiger partial charge < -0.3 is 9.80 Å². The Labute approximate surface area is 154 Å². The number of rotatable bonds is 8. The fraction of sp³-hybridized carbons (Fsp3) is 0.300. The maximum atomic E-state index is 4.72. The minimum atomic E-state index is 0.642. The fourth-order valence-electron chi connectivity index (χ4n) is 2.70. The number of benzene rings is 1. The number of aromatic nitrogens is 4. The molecular weight excluding hydrogens is 324 g/mol.